The Morgan fingerprint density at radius 3 is 2.76 bits per heavy atom. The predicted molar refractivity (Wildman–Crippen MR) is 114 cm³/mol. The minimum atomic E-state index is -1.11. The van der Waals surface area contributed by atoms with Crippen LogP contribution >= 0.6 is 22.7 Å². The first-order valence-corrected chi connectivity index (χ1v) is 10.3. The van der Waals surface area contributed by atoms with Gasteiger partial charge in [0.25, 0.3) is 5.91 Å². The summed E-state index contributed by atoms with van der Waals surface area (Å²) in [5.41, 5.74) is 4.48. The first kappa shape index (κ1) is 17.6. The van der Waals surface area contributed by atoms with Gasteiger partial charge >= 0.3 is 5.97 Å². The summed E-state index contributed by atoms with van der Waals surface area (Å²) in [5.74, 6) is -1.48. The van der Waals surface area contributed by atoms with Crippen LogP contribution in [0, 0.1) is 0 Å². The minimum Gasteiger partial charge on any atom is -0.478 e. The second kappa shape index (κ2) is 6.84. The van der Waals surface area contributed by atoms with Crippen LogP contribution in [-0.4, -0.2) is 22.0 Å². The molecule has 8 heteroatoms. The minimum absolute atomic E-state index is 0.0500. The molecule has 0 spiro atoms. The molecule has 2 N–H and O–H groups in total. The van der Waals surface area contributed by atoms with Crippen molar-refractivity contribution in [2.75, 3.05) is 5.32 Å². The van der Waals surface area contributed by atoms with E-state index in [9.17, 15) is 14.7 Å². The molecule has 0 bridgehead atoms. The quantitative estimate of drug-likeness (QED) is 0.388. The summed E-state index contributed by atoms with van der Waals surface area (Å²) < 4.78 is 6.60. The number of rotatable bonds is 4. The SMILES string of the molecule is O=C(Nc1scc(-c2ccc3scnc3c2)c1C(=O)O)c1cc2ccccc2o1. The van der Waals surface area contributed by atoms with Crippen molar-refractivity contribution in [1.29, 1.82) is 0 Å². The van der Waals surface area contributed by atoms with Crippen molar-refractivity contribution >= 4 is 60.7 Å². The summed E-state index contributed by atoms with van der Waals surface area (Å²) in [6.45, 7) is 0. The van der Waals surface area contributed by atoms with Crippen LogP contribution in [0.2, 0.25) is 0 Å². The zero-order valence-electron chi connectivity index (χ0n) is 14.7. The molecule has 0 radical (unpaired) electrons. The lowest BCUT2D eigenvalue weighted by atomic mass is 10.0. The van der Waals surface area contributed by atoms with Gasteiger partial charge < -0.3 is 14.8 Å². The predicted octanol–water partition coefficient (Wildman–Crippen LogP) is 5.72. The number of carboxylic acids is 1. The highest BCUT2D eigenvalue weighted by atomic mass is 32.1. The molecule has 0 aliphatic rings. The maximum absolute atomic E-state index is 12.6. The number of carbonyl (C=O) groups excluding carboxylic acids is 1. The Labute approximate surface area is 172 Å². The third-order valence-corrected chi connectivity index (χ3v) is 6.23. The van der Waals surface area contributed by atoms with E-state index in [1.54, 1.807) is 23.0 Å². The maximum Gasteiger partial charge on any atom is 0.339 e. The molecule has 1 amide bonds. The summed E-state index contributed by atoms with van der Waals surface area (Å²) in [5, 5.41) is 15.3. The number of thiophene rings is 1. The summed E-state index contributed by atoms with van der Waals surface area (Å²) >= 11 is 2.69. The van der Waals surface area contributed by atoms with E-state index in [0.717, 1.165) is 32.5 Å². The topological polar surface area (TPSA) is 92.4 Å². The lowest BCUT2D eigenvalue weighted by molar-refractivity contribution is 0.0699. The van der Waals surface area contributed by atoms with Crippen molar-refractivity contribution in [3.8, 4) is 11.1 Å². The first-order chi connectivity index (χ1) is 14.1. The number of para-hydroxylation sites is 1. The Balaban J connectivity index is 1.51. The molecule has 5 aromatic rings. The summed E-state index contributed by atoms with van der Waals surface area (Å²) in [7, 11) is 0. The van der Waals surface area contributed by atoms with E-state index in [4.69, 9.17) is 4.42 Å². The molecule has 0 fully saturated rings. The van der Waals surface area contributed by atoms with Crippen LogP contribution in [0.25, 0.3) is 32.3 Å². The molecule has 5 rings (SSSR count). The standard InChI is InChI=1S/C21H12N2O4S2/c24-19(16-8-12-3-1-2-4-15(12)27-16)23-20-18(21(25)26)13(9-28-20)11-5-6-17-14(7-11)22-10-29-17/h1-10H,(H,23,24)(H,25,26). The van der Waals surface area contributed by atoms with Crippen LogP contribution < -0.4 is 5.32 Å². The van der Waals surface area contributed by atoms with Gasteiger partial charge in [0.1, 0.15) is 16.1 Å². The normalized spacial score (nSPS) is 11.2. The van der Waals surface area contributed by atoms with E-state index in [0.29, 0.717) is 11.1 Å². The number of carboxylic acid groups (broad SMARTS) is 1. The number of aromatic carboxylic acids is 1. The molecule has 29 heavy (non-hydrogen) atoms. The Morgan fingerprint density at radius 2 is 1.93 bits per heavy atom. The van der Waals surface area contributed by atoms with Gasteiger partial charge in [0.2, 0.25) is 0 Å². The van der Waals surface area contributed by atoms with Crippen LogP contribution in [0.5, 0.6) is 0 Å². The van der Waals surface area contributed by atoms with Crippen molar-refractivity contribution < 1.29 is 19.1 Å². The fraction of sp³-hybridized carbons (Fsp3) is 0. The number of nitrogens with zero attached hydrogens (tertiary/aromatic N) is 1. The second-order valence-corrected chi connectivity index (χ2v) is 8.06. The van der Waals surface area contributed by atoms with Crippen molar-refractivity contribution in [3.63, 3.8) is 0 Å². The zero-order valence-corrected chi connectivity index (χ0v) is 16.3. The van der Waals surface area contributed by atoms with Gasteiger partial charge in [-0.2, -0.15) is 0 Å². The average Bonchev–Trinajstić information content (AvgIpc) is 3.44. The van der Waals surface area contributed by atoms with Gasteiger partial charge in [0.05, 0.1) is 15.7 Å². The molecular weight excluding hydrogens is 408 g/mol. The Bertz CT molecular complexity index is 1360. The number of fused-ring (bicyclic) bond motifs is 2. The van der Waals surface area contributed by atoms with Crippen LogP contribution in [0.15, 0.2) is 63.8 Å². The summed E-state index contributed by atoms with van der Waals surface area (Å²) in [6.07, 6.45) is 0. The van der Waals surface area contributed by atoms with E-state index in [1.807, 2.05) is 36.4 Å². The lowest BCUT2D eigenvalue weighted by Crippen LogP contribution is -2.12. The van der Waals surface area contributed by atoms with Crippen molar-refractivity contribution in [3.05, 3.63) is 70.7 Å². The van der Waals surface area contributed by atoms with E-state index >= 15 is 0 Å². The highest BCUT2D eigenvalue weighted by Crippen LogP contribution is 2.37. The van der Waals surface area contributed by atoms with Crippen LogP contribution in [0.4, 0.5) is 5.00 Å². The van der Waals surface area contributed by atoms with Crippen LogP contribution in [0.1, 0.15) is 20.9 Å². The average molecular weight is 420 g/mol. The number of thiazole rings is 1. The number of benzene rings is 2. The molecule has 0 aliphatic carbocycles. The van der Waals surface area contributed by atoms with Crippen molar-refractivity contribution in [2.45, 2.75) is 0 Å². The van der Waals surface area contributed by atoms with Gasteiger partial charge in [0, 0.05) is 16.3 Å². The Hall–Kier alpha value is -3.49. The van der Waals surface area contributed by atoms with E-state index < -0.39 is 11.9 Å². The number of hydrogen-bond donors (Lipinski definition) is 2. The first-order valence-electron chi connectivity index (χ1n) is 8.58. The van der Waals surface area contributed by atoms with Gasteiger partial charge in [-0.3, -0.25) is 4.79 Å². The fourth-order valence-electron chi connectivity index (χ4n) is 3.16. The van der Waals surface area contributed by atoms with Crippen LogP contribution in [-0.2, 0) is 0 Å². The van der Waals surface area contributed by atoms with E-state index in [1.165, 1.54) is 11.3 Å². The smallest absolute Gasteiger partial charge is 0.339 e. The number of anilines is 1. The third-order valence-electron chi connectivity index (χ3n) is 4.52. The van der Waals surface area contributed by atoms with E-state index in [2.05, 4.69) is 10.3 Å². The molecule has 0 aliphatic heterocycles. The summed E-state index contributed by atoms with van der Waals surface area (Å²) in [4.78, 5) is 28.9. The lowest BCUT2D eigenvalue weighted by Gasteiger charge is -2.05. The molecule has 6 nitrogen and oxygen atoms in total. The molecule has 0 unspecified atom stereocenters. The number of furan rings is 1. The molecule has 2 aromatic carbocycles. The number of aromatic nitrogens is 1. The molecule has 142 valence electrons. The van der Waals surface area contributed by atoms with E-state index in [-0.39, 0.29) is 16.3 Å². The van der Waals surface area contributed by atoms with Crippen molar-refractivity contribution in [1.82, 2.24) is 4.98 Å². The molecule has 0 atom stereocenters. The molecular formula is C21H12N2O4S2. The van der Waals surface area contributed by atoms with Gasteiger partial charge in [-0.05, 0) is 29.8 Å². The fourth-order valence-corrected chi connectivity index (χ4v) is 4.77. The number of carbonyl (C=O) groups is 2. The zero-order chi connectivity index (χ0) is 20.0. The third kappa shape index (κ3) is 3.08. The van der Waals surface area contributed by atoms with Crippen LogP contribution in [0.3, 0.4) is 0 Å². The molecule has 0 saturated carbocycles. The van der Waals surface area contributed by atoms with Gasteiger partial charge in [-0.1, -0.05) is 24.3 Å². The Morgan fingerprint density at radius 1 is 1.07 bits per heavy atom. The second-order valence-electron chi connectivity index (χ2n) is 6.30. The van der Waals surface area contributed by atoms with Crippen molar-refractivity contribution in [2.24, 2.45) is 0 Å². The van der Waals surface area contributed by atoms with Gasteiger partial charge in [-0.25, -0.2) is 9.78 Å². The number of nitrogens with one attached hydrogen (secondary N) is 1. The van der Waals surface area contributed by atoms with Gasteiger partial charge in [0.15, 0.2) is 5.76 Å². The highest BCUT2D eigenvalue weighted by Gasteiger charge is 2.23. The number of amides is 1. The monoisotopic (exact) mass is 420 g/mol. The van der Waals surface area contributed by atoms with Gasteiger partial charge in [-0.15, -0.1) is 22.7 Å². The highest BCUT2D eigenvalue weighted by molar-refractivity contribution is 7.16. The molecule has 0 saturated heterocycles. The largest absolute Gasteiger partial charge is 0.478 e. The molecule has 3 aromatic heterocycles. The summed E-state index contributed by atoms with van der Waals surface area (Å²) in [6, 6.07) is 14.6. The molecule has 3 heterocycles. The Kier molecular flexibility index (Phi) is 4.15. The number of hydrogen-bond acceptors (Lipinski definition) is 6. The maximum atomic E-state index is 12.6.